The van der Waals surface area contributed by atoms with E-state index in [0.29, 0.717) is 33.4 Å². The van der Waals surface area contributed by atoms with Gasteiger partial charge in [-0.2, -0.15) is 0 Å². The number of ether oxygens (including phenoxy) is 3. The second-order valence-electron chi connectivity index (χ2n) is 7.16. The van der Waals surface area contributed by atoms with Gasteiger partial charge in [-0.05, 0) is 24.3 Å². The Morgan fingerprint density at radius 2 is 1.74 bits per heavy atom. The standard InChI is InChI=1S/C23H22BrN5O4S2/c1-29-21(14-9-17(31-2)20(33-4)18(10-14)32-3)27-28-23(29)35-12-19(30)26-22-25-16(11-34-22)13-5-7-15(24)8-6-13/h5-11H,12H2,1-4H3,(H,25,26,30). The summed E-state index contributed by atoms with van der Waals surface area (Å²) in [4.78, 5) is 17.0. The number of carbonyl (C=O) groups is 1. The van der Waals surface area contributed by atoms with Crippen molar-refractivity contribution in [2.75, 3.05) is 32.4 Å². The smallest absolute Gasteiger partial charge is 0.236 e. The molecule has 0 aliphatic rings. The van der Waals surface area contributed by atoms with Gasteiger partial charge in [0.2, 0.25) is 11.7 Å². The molecule has 9 nitrogen and oxygen atoms in total. The van der Waals surface area contributed by atoms with Crippen LogP contribution in [-0.2, 0) is 11.8 Å². The maximum Gasteiger partial charge on any atom is 0.236 e. The van der Waals surface area contributed by atoms with Crippen LogP contribution >= 0.6 is 39.0 Å². The van der Waals surface area contributed by atoms with Crippen LogP contribution < -0.4 is 19.5 Å². The lowest BCUT2D eigenvalue weighted by Gasteiger charge is -2.14. The first-order valence-corrected chi connectivity index (χ1v) is 12.9. The van der Waals surface area contributed by atoms with Crippen molar-refractivity contribution >= 4 is 50.1 Å². The molecule has 0 unspecified atom stereocenters. The third-order valence-corrected chi connectivity index (χ3v) is 7.29. The highest BCUT2D eigenvalue weighted by molar-refractivity contribution is 9.10. The normalized spacial score (nSPS) is 10.8. The number of rotatable bonds is 9. The van der Waals surface area contributed by atoms with E-state index in [4.69, 9.17) is 14.2 Å². The minimum absolute atomic E-state index is 0.161. The number of anilines is 1. The number of aromatic nitrogens is 4. The average Bonchev–Trinajstić information content (AvgIpc) is 3.48. The van der Waals surface area contributed by atoms with Gasteiger partial charge in [-0.3, -0.25) is 4.79 Å². The molecule has 2 aromatic heterocycles. The summed E-state index contributed by atoms with van der Waals surface area (Å²) in [7, 11) is 6.50. The van der Waals surface area contributed by atoms with Crippen LogP contribution in [0.2, 0.25) is 0 Å². The molecular weight excluding hydrogens is 554 g/mol. The van der Waals surface area contributed by atoms with Gasteiger partial charge in [-0.15, -0.1) is 21.5 Å². The van der Waals surface area contributed by atoms with E-state index in [-0.39, 0.29) is 11.7 Å². The molecule has 182 valence electrons. The molecule has 2 heterocycles. The van der Waals surface area contributed by atoms with E-state index < -0.39 is 0 Å². The number of benzene rings is 2. The number of carbonyl (C=O) groups excluding carboxylic acids is 1. The third-order valence-electron chi connectivity index (χ3n) is 4.98. The number of hydrogen-bond donors (Lipinski definition) is 1. The van der Waals surface area contributed by atoms with Gasteiger partial charge in [0.25, 0.3) is 0 Å². The minimum atomic E-state index is -0.177. The van der Waals surface area contributed by atoms with Gasteiger partial charge >= 0.3 is 0 Å². The molecule has 35 heavy (non-hydrogen) atoms. The zero-order chi connectivity index (χ0) is 24.9. The van der Waals surface area contributed by atoms with Crippen molar-refractivity contribution in [1.82, 2.24) is 19.7 Å². The topological polar surface area (TPSA) is 100 Å². The van der Waals surface area contributed by atoms with Crippen molar-refractivity contribution in [2.45, 2.75) is 5.16 Å². The van der Waals surface area contributed by atoms with Crippen LogP contribution in [0.5, 0.6) is 17.2 Å². The van der Waals surface area contributed by atoms with Gasteiger partial charge in [0.15, 0.2) is 27.6 Å². The lowest BCUT2D eigenvalue weighted by molar-refractivity contribution is -0.113. The molecule has 0 spiro atoms. The number of halogens is 1. The van der Waals surface area contributed by atoms with E-state index in [1.165, 1.54) is 23.1 Å². The maximum atomic E-state index is 12.5. The first-order valence-electron chi connectivity index (χ1n) is 10.3. The molecule has 0 fully saturated rings. The number of thiazole rings is 1. The fourth-order valence-electron chi connectivity index (χ4n) is 3.27. The molecule has 4 rings (SSSR count). The minimum Gasteiger partial charge on any atom is -0.493 e. The Hall–Kier alpha value is -3.09. The van der Waals surface area contributed by atoms with E-state index in [0.717, 1.165) is 21.3 Å². The van der Waals surface area contributed by atoms with Crippen molar-refractivity contribution in [3.63, 3.8) is 0 Å². The van der Waals surface area contributed by atoms with Crippen molar-refractivity contribution < 1.29 is 19.0 Å². The molecular formula is C23H22BrN5O4S2. The molecule has 0 aliphatic heterocycles. The number of amides is 1. The van der Waals surface area contributed by atoms with Gasteiger partial charge in [0.05, 0.1) is 32.8 Å². The molecule has 0 saturated heterocycles. The quantitative estimate of drug-likeness (QED) is 0.274. The van der Waals surface area contributed by atoms with Gasteiger partial charge in [0.1, 0.15) is 0 Å². The Bertz CT molecular complexity index is 1320. The van der Waals surface area contributed by atoms with Gasteiger partial charge in [-0.25, -0.2) is 4.98 Å². The van der Waals surface area contributed by atoms with E-state index in [1.54, 1.807) is 33.5 Å². The van der Waals surface area contributed by atoms with Crippen LogP contribution in [0.15, 0.2) is 51.4 Å². The van der Waals surface area contributed by atoms with Crippen LogP contribution in [0.25, 0.3) is 22.6 Å². The molecule has 4 aromatic rings. The van der Waals surface area contributed by atoms with Crippen LogP contribution in [-0.4, -0.2) is 52.7 Å². The highest BCUT2D eigenvalue weighted by Crippen LogP contribution is 2.41. The number of nitrogens with one attached hydrogen (secondary N) is 1. The largest absolute Gasteiger partial charge is 0.493 e. The second kappa shape index (κ2) is 11.1. The highest BCUT2D eigenvalue weighted by atomic mass is 79.9. The Kier molecular flexibility index (Phi) is 7.93. The first-order chi connectivity index (χ1) is 16.9. The Morgan fingerprint density at radius 3 is 2.37 bits per heavy atom. The molecule has 2 aromatic carbocycles. The van der Waals surface area contributed by atoms with Crippen LogP contribution in [0.1, 0.15) is 0 Å². The van der Waals surface area contributed by atoms with Crippen molar-refractivity contribution in [3.8, 4) is 39.9 Å². The molecule has 1 amide bonds. The van der Waals surface area contributed by atoms with Gasteiger partial charge in [-0.1, -0.05) is 39.8 Å². The summed E-state index contributed by atoms with van der Waals surface area (Å²) < 4.78 is 19.1. The van der Waals surface area contributed by atoms with Crippen molar-refractivity contribution in [1.29, 1.82) is 0 Å². The van der Waals surface area contributed by atoms with Crippen LogP contribution in [0.3, 0.4) is 0 Å². The predicted molar refractivity (Wildman–Crippen MR) is 141 cm³/mol. The molecule has 1 N–H and O–H groups in total. The zero-order valence-corrected chi connectivity index (χ0v) is 22.6. The van der Waals surface area contributed by atoms with Gasteiger partial charge in [0, 0.05) is 28.0 Å². The summed E-state index contributed by atoms with van der Waals surface area (Å²) in [5, 5.41) is 14.4. The maximum absolute atomic E-state index is 12.5. The Morgan fingerprint density at radius 1 is 1.06 bits per heavy atom. The first kappa shape index (κ1) is 25.0. The fourth-order valence-corrected chi connectivity index (χ4v) is 4.98. The number of methoxy groups -OCH3 is 3. The van der Waals surface area contributed by atoms with E-state index in [2.05, 4.69) is 36.4 Å². The summed E-state index contributed by atoms with van der Waals surface area (Å²) in [6.07, 6.45) is 0. The SMILES string of the molecule is COc1cc(-c2nnc(SCC(=O)Nc3nc(-c4ccc(Br)cc4)cs3)n2C)cc(OC)c1OC. The Balaban J connectivity index is 1.42. The molecule has 0 atom stereocenters. The highest BCUT2D eigenvalue weighted by Gasteiger charge is 2.19. The summed E-state index contributed by atoms with van der Waals surface area (Å²) in [6.45, 7) is 0. The van der Waals surface area contributed by atoms with Crippen molar-refractivity contribution in [2.24, 2.45) is 7.05 Å². The third kappa shape index (κ3) is 5.60. The molecule has 0 bridgehead atoms. The van der Waals surface area contributed by atoms with E-state index >= 15 is 0 Å². The van der Waals surface area contributed by atoms with Crippen LogP contribution in [0, 0.1) is 0 Å². The van der Waals surface area contributed by atoms with Crippen molar-refractivity contribution in [3.05, 3.63) is 46.3 Å². The summed E-state index contributed by atoms with van der Waals surface area (Å²) in [5.41, 5.74) is 2.54. The fraction of sp³-hybridized carbons (Fsp3) is 0.217. The van der Waals surface area contributed by atoms with E-state index in [9.17, 15) is 4.79 Å². The average molecular weight is 576 g/mol. The number of nitrogens with zero attached hydrogens (tertiary/aromatic N) is 4. The van der Waals surface area contributed by atoms with Gasteiger partial charge < -0.3 is 24.1 Å². The monoisotopic (exact) mass is 575 g/mol. The molecule has 0 saturated carbocycles. The Labute approximate surface area is 219 Å². The lowest BCUT2D eigenvalue weighted by Crippen LogP contribution is -2.14. The number of hydrogen-bond acceptors (Lipinski definition) is 9. The number of thioether (sulfide) groups is 1. The predicted octanol–water partition coefficient (Wildman–Crippen LogP) is 5.12. The summed E-state index contributed by atoms with van der Waals surface area (Å²) in [6, 6.07) is 11.5. The zero-order valence-electron chi connectivity index (χ0n) is 19.4. The summed E-state index contributed by atoms with van der Waals surface area (Å²) in [5.74, 6) is 2.12. The summed E-state index contributed by atoms with van der Waals surface area (Å²) >= 11 is 6.09. The second-order valence-corrected chi connectivity index (χ2v) is 9.88. The molecule has 0 aliphatic carbocycles. The molecule has 12 heteroatoms. The molecule has 0 radical (unpaired) electrons. The van der Waals surface area contributed by atoms with E-state index in [1.807, 2.05) is 41.3 Å². The van der Waals surface area contributed by atoms with Crippen LogP contribution in [0.4, 0.5) is 5.13 Å². The lowest BCUT2D eigenvalue weighted by atomic mass is 10.1.